The van der Waals surface area contributed by atoms with Crippen molar-refractivity contribution in [2.45, 2.75) is 59.0 Å². The largest absolute Gasteiger partial charge is 0.491 e. The fourth-order valence-corrected chi connectivity index (χ4v) is 2.95. The van der Waals surface area contributed by atoms with E-state index < -0.39 is 6.10 Å². The lowest BCUT2D eigenvalue weighted by molar-refractivity contribution is -0.128. The smallest absolute Gasteiger partial charge is 0.261 e. The molecule has 4 nitrogen and oxygen atoms in total. The standard InChI is InChI=1S/C24H33NO3/c1-6-18-12-14-19(15-13-18)28-21(7-2)23(26)25-16-17-27-22-11-9-8-10-20(22)24(3,4)5/h8-15,21H,6-7,16-17H2,1-5H3,(H,25,26)/t21-/m1/s1. The molecule has 1 amide bonds. The van der Waals surface area contributed by atoms with Gasteiger partial charge in [-0.15, -0.1) is 0 Å². The Hall–Kier alpha value is -2.49. The van der Waals surface area contributed by atoms with Gasteiger partial charge in [-0.2, -0.15) is 0 Å². The van der Waals surface area contributed by atoms with Gasteiger partial charge >= 0.3 is 0 Å². The van der Waals surface area contributed by atoms with Gasteiger partial charge in [-0.1, -0.05) is 65.0 Å². The van der Waals surface area contributed by atoms with Crippen LogP contribution in [0.3, 0.4) is 0 Å². The highest BCUT2D eigenvalue weighted by Gasteiger charge is 2.19. The molecule has 0 heterocycles. The Bertz CT molecular complexity index is 747. The summed E-state index contributed by atoms with van der Waals surface area (Å²) in [6.45, 7) is 11.4. The summed E-state index contributed by atoms with van der Waals surface area (Å²) in [4.78, 5) is 12.4. The van der Waals surface area contributed by atoms with Crippen LogP contribution in [0.5, 0.6) is 11.5 Å². The van der Waals surface area contributed by atoms with Gasteiger partial charge in [0.05, 0.1) is 6.54 Å². The molecular weight excluding hydrogens is 350 g/mol. The maximum absolute atomic E-state index is 12.4. The highest BCUT2D eigenvalue weighted by molar-refractivity contribution is 5.81. The summed E-state index contributed by atoms with van der Waals surface area (Å²) in [6.07, 6.45) is 1.08. The van der Waals surface area contributed by atoms with E-state index in [9.17, 15) is 4.79 Å². The van der Waals surface area contributed by atoms with Gasteiger partial charge in [-0.3, -0.25) is 4.79 Å². The van der Waals surface area contributed by atoms with Crippen LogP contribution in [0.25, 0.3) is 0 Å². The lowest BCUT2D eigenvalue weighted by Crippen LogP contribution is -2.39. The molecule has 2 rings (SSSR count). The zero-order valence-electron chi connectivity index (χ0n) is 17.7. The van der Waals surface area contributed by atoms with Crippen LogP contribution in [0, 0.1) is 0 Å². The lowest BCUT2D eigenvalue weighted by Gasteiger charge is -2.23. The Labute approximate surface area is 169 Å². The summed E-state index contributed by atoms with van der Waals surface area (Å²) in [6, 6.07) is 15.9. The number of rotatable bonds is 9. The monoisotopic (exact) mass is 383 g/mol. The number of hydrogen-bond acceptors (Lipinski definition) is 3. The van der Waals surface area contributed by atoms with E-state index in [1.54, 1.807) is 0 Å². The molecule has 1 N–H and O–H groups in total. The highest BCUT2D eigenvalue weighted by atomic mass is 16.5. The third-order valence-corrected chi connectivity index (χ3v) is 4.63. The first-order chi connectivity index (χ1) is 13.3. The minimum absolute atomic E-state index is 0.00825. The molecule has 0 aliphatic carbocycles. The van der Waals surface area contributed by atoms with Crippen molar-refractivity contribution in [3.63, 3.8) is 0 Å². The summed E-state index contributed by atoms with van der Waals surface area (Å²) >= 11 is 0. The number of nitrogens with one attached hydrogen (secondary N) is 1. The van der Waals surface area contributed by atoms with Crippen molar-refractivity contribution in [2.75, 3.05) is 13.2 Å². The number of hydrogen-bond donors (Lipinski definition) is 1. The number of benzene rings is 2. The van der Waals surface area contributed by atoms with Crippen LogP contribution in [0.2, 0.25) is 0 Å². The Kier molecular flexibility index (Phi) is 7.91. The molecule has 0 unspecified atom stereocenters. The highest BCUT2D eigenvalue weighted by Crippen LogP contribution is 2.30. The second-order valence-corrected chi connectivity index (χ2v) is 7.90. The molecule has 0 radical (unpaired) electrons. The lowest BCUT2D eigenvalue weighted by atomic mass is 9.86. The van der Waals surface area contributed by atoms with E-state index in [0.29, 0.717) is 19.6 Å². The molecule has 2 aromatic rings. The summed E-state index contributed by atoms with van der Waals surface area (Å²) < 4.78 is 11.8. The predicted octanol–water partition coefficient (Wildman–Crippen LogP) is 4.90. The van der Waals surface area contributed by atoms with Gasteiger partial charge in [-0.25, -0.2) is 0 Å². The average molecular weight is 384 g/mol. The van der Waals surface area contributed by atoms with Crippen molar-refractivity contribution < 1.29 is 14.3 Å². The molecule has 1 atom stereocenters. The van der Waals surface area contributed by atoms with Crippen molar-refractivity contribution in [2.24, 2.45) is 0 Å². The maximum Gasteiger partial charge on any atom is 0.261 e. The van der Waals surface area contributed by atoms with Gasteiger partial charge in [-0.05, 0) is 47.6 Å². The summed E-state index contributed by atoms with van der Waals surface area (Å²) in [7, 11) is 0. The molecule has 0 saturated heterocycles. The van der Waals surface area contributed by atoms with Crippen LogP contribution in [0.1, 0.15) is 52.2 Å². The first-order valence-electron chi connectivity index (χ1n) is 10.1. The quantitative estimate of drug-likeness (QED) is 0.627. The molecule has 0 aliphatic heterocycles. The van der Waals surface area contributed by atoms with Crippen molar-refractivity contribution in [1.82, 2.24) is 5.32 Å². The maximum atomic E-state index is 12.4. The van der Waals surface area contributed by atoms with Gasteiger partial charge in [0.1, 0.15) is 18.1 Å². The molecule has 28 heavy (non-hydrogen) atoms. The molecule has 0 fully saturated rings. The zero-order valence-corrected chi connectivity index (χ0v) is 17.7. The van der Waals surface area contributed by atoms with E-state index >= 15 is 0 Å². The Morgan fingerprint density at radius 3 is 2.32 bits per heavy atom. The van der Waals surface area contributed by atoms with Crippen molar-refractivity contribution in [1.29, 1.82) is 0 Å². The van der Waals surface area contributed by atoms with Crippen LogP contribution in [0.15, 0.2) is 48.5 Å². The average Bonchev–Trinajstić information content (AvgIpc) is 2.69. The molecule has 0 aromatic heterocycles. The molecule has 4 heteroatoms. The van der Waals surface area contributed by atoms with Crippen molar-refractivity contribution >= 4 is 5.91 Å². The van der Waals surface area contributed by atoms with E-state index in [0.717, 1.165) is 23.5 Å². The second kappa shape index (κ2) is 10.2. The van der Waals surface area contributed by atoms with E-state index in [1.165, 1.54) is 5.56 Å². The van der Waals surface area contributed by atoms with Gasteiger partial charge < -0.3 is 14.8 Å². The Balaban J connectivity index is 1.84. The second-order valence-electron chi connectivity index (χ2n) is 7.90. The number of ether oxygens (including phenoxy) is 2. The van der Waals surface area contributed by atoms with E-state index in [2.05, 4.69) is 39.1 Å². The molecular formula is C24H33NO3. The van der Waals surface area contributed by atoms with Gasteiger partial charge in [0.2, 0.25) is 0 Å². The van der Waals surface area contributed by atoms with Gasteiger partial charge in [0.25, 0.3) is 5.91 Å². The van der Waals surface area contributed by atoms with E-state index in [-0.39, 0.29) is 11.3 Å². The molecule has 0 saturated carbocycles. The van der Waals surface area contributed by atoms with Crippen LogP contribution >= 0.6 is 0 Å². The molecule has 0 aliphatic rings. The van der Waals surface area contributed by atoms with Crippen LogP contribution in [-0.2, 0) is 16.6 Å². The SMILES string of the molecule is CCc1ccc(O[C@H](CC)C(=O)NCCOc2ccccc2C(C)(C)C)cc1. The number of para-hydroxylation sites is 1. The molecule has 0 spiro atoms. The van der Waals surface area contributed by atoms with Crippen LogP contribution in [0.4, 0.5) is 0 Å². The minimum Gasteiger partial charge on any atom is -0.491 e. The third-order valence-electron chi connectivity index (χ3n) is 4.63. The van der Waals surface area contributed by atoms with Crippen LogP contribution in [-0.4, -0.2) is 25.2 Å². The molecule has 152 valence electrons. The predicted molar refractivity (Wildman–Crippen MR) is 114 cm³/mol. The number of carbonyl (C=O) groups excluding carboxylic acids is 1. The van der Waals surface area contributed by atoms with Gasteiger partial charge in [0.15, 0.2) is 6.10 Å². The molecule has 2 aromatic carbocycles. The summed E-state index contributed by atoms with van der Waals surface area (Å²) in [5.41, 5.74) is 2.41. The topological polar surface area (TPSA) is 47.6 Å². The fraction of sp³-hybridized carbons (Fsp3) is 0.458. The number of amides is 1. The number of carbonyl (C=O) groups is 1. The summed E-state index contributed by atoms with van der Waals surface area (Å²) in [5.74, 6) is 1.47. The first kappa shape index (κ1) is 21.8. The van der Waals surface area contributed by atoms with Crippen LogP contribution < -0.4 is 14.8 Å². The van der Waals surface area contributed by atoms with Gasteiger partial charge in [0, 0.05) is 0 Å². The van der Waals surface area contributed by atoms with Crippen molar-refractivity contribution in [3.8, 4) is 11.5 Å². The Morgan fingerprint density at radius 2 is 1.71 bits per heavy atom. The Morgan fingerprint density at radius 1 is 1.04 bits per heavy atom. The minimum atomic E-state index is -0.505. The molecule has 0 bridgehead atoms. The third kappa shape index (κ3) is 6.29. The van der Waals surface area contributed by atoms with E-state index in [1.807, 2.05) is 49.4 Å². The first-order valence-corrected chi connectivity index (χ1v) is 10.1. The summed E-state index contributed by atoms with van der Waals surface area (Å²) in [5, 5.41) is 2.92. The number of aryl methyl sites for hydroxylation is 1. The fourth-order valence-electron chi connectivity index (χ4n) is 2.95. The van der Waals surface area contributed by atoms with Crippen molar-refractivity contribution in [3.05, 3.63) is 59.7 Å². The normalized spacial score (nSPS) is 12.3. The van der Waals surface area contributed by atoms with E-state index in [4.69, 9.17) is 9.47 Å². The zero-order chi connectivity index (χ0) is 20.6.